The highest BCUT2D eigenvalue weighted by atomic mass is 32.2. The van der Waals surface area contributed by atoms with Crippen LogP contribution in [0.25, 0.3) is 12.2 Å². The van der Waals surface area contributed by atoms with Gasteiger partial charge >= 0.3 is 0 Å². The van der Waals surface area contributed by atoms with Crippen molar-refractivity contribution in [3.63, 3.8) is 0 Å². The molecule has 0 atom stereocenters. The van der Waals surface area contributed by atoms with E-state index < -0.39 is 10.1 Å². The molecule has 0 radical (unpaired) electrons. The van der Waals surface area contributed by atoms with Crippen LogP contribution in [0.5, 0.6) is 0 Å². The number of anilines is 1. The molecule has 0 bridgehead atoms. The Labute approximate surface area is 188 Å². The maximum Gasteiger partial charge on any atom is 0.169 e. The molecule has 1 aromatic carbocycles. The van der Waals surface area contributed by atoms with Crippen LogP contribution in [0.1, 0.15) is 63.5 Å². The largest absolute Gasteiger partial charge is 0.748 e. The van der Waals surface area contributed by atoms with E-state index in [2.05, 4.69) is 55.2 Å². The summed E-state index contributed by atoms with van der Waals surface area (Å²) in [7, 11) is -4.11. The molecule has 0 spiro atoms. The number of hydrogen-bond acceptors (Lipinski definition) is 4. The zero-order chi connectivity index (χ0) is 22.5. The quantitative estimate of drug-likeness (QED) is 0.237. The number of pyridine rings is 1. The third kappa shape index (κ3) is 10.1. The van der Waals surface area contributed by atoms with Crippen molar-refractivity contribution < 1.29 is 17.5 Å². The van der Waals surface area contributed by atoms with Gasteiger partial charge < -0.3 is 9.45 Å². The van der Waals surface area contributed by atoms with Crippen molar-refractivity contribution in [2.75, 3.05) is 23.7 Å². The van der Waals surface area contributed by atoms with Crippen LogP contribution in [0.2, 0.25) is 0 Å². The molecule has 1 heterocycles. The van der Waals surface area contributed by atoms with E-state index in [-0.39, 0.29) is 5.75 Å². The van der Waals surface area contributed by atoms with Crippen molar-refractivity contribution >= 4 is 28.0 Å². The molecule has 6 heteroatoms. The second-order valence-electron chi connectivity index (χ2n) is 7.96. The molecule has 0 amide bonds. The normalized spacial score (nSPS) is 11.8. The minimum atomic E-state index is -4.11. The highest BCUT2D eigenvalue weighted by Crippen LogP contribution is 2.18. The summed E-state index contributed by atoms with van der Waals surface area (Å²) >= 11 is 0. The van der Waals surface area contributed by atoms with Gasteiger partial charge in [-0.25, -0.2) is 13.0 Å². The number of aryl methyl sites for hydroxylation is 1. The summed E-state index contributed by atoms with van der Waals surface area (Å²) in [5.41, 5.74) is 3.57. The number of benzene rings is 1. The molecule has 0 N–H and O–H groups in total. The molecule has 0 aliphatic heterocycles. The highest BCUT2D eigenvalue weighted by Gasteiger charge is 2.05. The van der Waals surface area contributed by atoms with E-state index in [1.165, 1.54) is 36.9 Å². The molecule has 170 valence electrons. The second kappa shape index (κ2) is 13.3. The lowest BCUT2D eigenvalue weighted by Gasteiger charge is -2.24. The van der Waals surface area contributed by atoms with E-state index in [1.807, 2.05) is 29.1 Å². The predicted molar refractivity (Wildman–Crippen MR) is 128 cm³/mol. The fourth-order valence-corrected chi connectivity index (χ4v) is 3.92. The Morgan fingerprint density at radius 2 is 1.39 bits per heavy atom. The van der Waals surface area contributed by atoms with Crippen molar-refractivity contribution in [3.8, 4) is 0 Å². The third-order valence-electron chi connectivity index (χ3n) is 5.27. The number of unbranched alkanes of at least 4 members (excludes halogenated alkanes) is 3. The summed E-state index contributed by atoms with van der Waals surface area (Å²) in [6, 6.07) is 12.8. The van der Waals surface area contributed by atoms with Crippen molar-refractivity contribution in [1.82, 2.24) is 0 Å². The van der Waals surface area contributed by atoms with Crippen LogP contribution in [0.3, 0.4) is 0 Å². The van der Waals surface area contributed by atoms with E-state index in [0.717, 1.165) is 18.7 Å². The molecule has 0 aliphatic carbocycles. The predicted octanol–water partition coefficient (Wildman–Crippen LogP) is 4.88. The fourth-order valence-electron chi connectivity index (χ4n) is 3.36. The van der Waals surface area contributed by atoms with E-state index in [9.17, 15) is 13.0 Å². The summed E-state index contributed by atoms with van der Waals surface area (Å²) in [5, 5.41) is 0. The van der Waals surface area contributed by atoms with E-state index in [0.29, 0.717) is 19.4 Å². The Bertz CT molecular complexity index is 883. The first-order chi connectivity index (χ1) is 14.9. The number of rotatable bonds is 14. The molecule has 2 rings (SSSR count). The monoisotopic (exact) mass is 444 g/mol. The summed E-state index contributed by atoms with van der Waals surface area (Å²) in [4.78, 5) is 2.49. The summed E-state index contributed by atoms with van der Waals surface area (Å²) in [5.74, 6) is -0.290. The van der Waals surface area contributed by atoms with Gasteiger partial charge in [0, 0.05) is 43.1 Å². The Hall–Kier alpha value is -2.18. The van der Waals surface area contributed by atoms with Crippen LogP contribution in [0, 0.1) is 0 Å². The minimum absolute atomic E-state index is 0.290. The lowest BCUT2D eigenvalue weighted by atomic mass is 10.1. The van der Waals surface area contributed by atoms with E-state index >= 15 is 0 Å². The summed E-state index contributed by atoms with van der Waals surface area (Å²) in [6.07, 6.45) is 14.1. The first-order valence-electron chi connectivity index (χ1n) is 11.4. The van der Waals surface area contributed by atoms with Gasteiger partial charge in [0.25, 0.3) is 0 Å². The van der Waals surface area contributed by atoms with Crippen LogP contribution in [-0.2, 0) is 16.7 Å². The lowest BCUT2D eigenvalue weighted by molar-refractivity contribution is -0.697. The number of aromatic nitrogens is 1. The summed E-state index contributed by atoms with van der Waals surface area (Å²) in [6.45, 7) is 7.40. The number of hydrogen-bond donors (Lipinski definition) is 0. The van der Waals surface area contributed by atoms with Gasteiger partial charge in [0.15, 0.2) is 12.4 Å². The van der Waals surface area contributed by atoms with E-state index in [1.54, 1.807) is 0 Å². The smallest absolute Gasteiger partial charge is 0.169 e. The van der Waals surface area contributed by atoms with Gasteiger partial charge in [-0.3, -0.25) is 0 Å². The topological polar surface area (TPSA) is 64.3 Å². The number of nitrogens with zero attached hydrogens (tertiary/aromatic N) is 2. The van der Waals surface area contributed by atoms with Crippen molar-refractivity contribution in [2.24, 2.45) is 0 Å². The van der Waals surface area contributed by atoms with Crippen LogP contribution < -0.4 is 9.47 Å². The minimum Gasteiger partial charge on any atom is -0.748 e. The molecule has 0 aliphatic rings. The Morgan fingerprint density at radius 1 is 0.839 bits per heavy atom. The van der Waals surface area contributed by atoms with Crippen molar-refractivity contribution in [1.29, 1.82) is 0 Å². The SMILES string of the molecule is CCCCN(CCCC)c1ccc(/C=C/c2cc[n+](CCCCS(=O)(=O)[O-])cc2)cc1. The molecule has 2 aromatic rings. The molecule has 31 heavy (non-hydrogen) atoms. The average molecular weight is 445 g/mol. The molecule has 0 saturated carbocycles. The molecule has 0 unspecified atom stereocenters. The van der Waals surface area contributed by atoms with Gasteiger partial charge in [-0.2, -0.15) is 0 Å². The fraction of sp³-hybridized carbons (Fsp3) is 0.480. The maximum absolute atomic E-state index is 10.6. The standard InChI is InChI=1S/C25H36N2O3S/c1-3-5-18-27(19-6-4-2)25-13-11-23(12-14-25)9-10-24-15-20-26(21-16-24)17-7-8-22-31(28,29)30/h9-16,20-21H,3-8,17-19,22H2,1-2H3. The zero-order valence-corrected chi connectivity index (χ0v) is 19.7. The van der Waals surface area contributed by atoms with Gasteiger partial charge in [0.1, 0.15) is 6.54 Å². The molecular formula is C25H36N2O3S. The van der Waals surface area contributed by atoms with E-state index in [4.69, 9.17) is 0 Å². The Balaban J connectivity index is 1.89. The molecule has 1 aromatic heterocycles. The van der Waals surface area contributed by atoms with Crippen molar-refractivity contribution in [2.45, 2.75) is 58.9 Å². The molecule has 0 saturated heterocycles. The first kappa shape index (κ1) is 25.1. The molecular weight excluding hydrogens is 408 g/mol. The van der Waals surface area contributed by atoms with Crippen LogP contribution in [-0.4, -0.2) is 31.8 Å². The van der Waals surface area contributed by atoms with Gasteiger partial charge in [0.05, 0.1) is 10.1 Å². The third-order valence-corrected chi connectivity index (χ3v) is 6.06. The van der Waals surface area contributed by atoms with Crippen LogP contribution in [0.4, 0.5) is 5.69 Å². The van der Waals surface area contributed by atoms with Gasteiger partial charge in [-0.15, -0.1) is 0 Å². The maximum atomic E-state index is 10.6. The molecule has 0 fully saturated rings. The van der Waals surface area contributed by atoms with Crippen LogP contribution >= 0.6 is 0 Å². The summed E-state index contributed by atoms with van der Waals surface area (Å²) < 4.78 is 33.9. The second-order valence-corrected chi connectivity index (χ2v) is 9.48. The lowest BCUT2D eigenvalue weighted by Crippen LogP contribution is -2.32. The first-order valence-corrected chi connectivity index (χ1v) is 12.9. The Morgan fingerprint density at radius 3 is 1.90 bits per heavy atom. The van der Waals surface area contributed by atoms with Gasteiger partial charge in [-0.1, -0.05) is 51.0 Å². The molecule has 5 nitrogen and oxygen atoms in total. The van der Waals surface area contributed by atoms with Crippen molar-refractivity contribution in [3.05, 3.63) is 59.9 Å². The Kier molecular flexibility index (Phi) is 10.7. The highest BCUT2D eigenvalue weighted by molar-refractivity contribution is 7.85. The van der Waals surface area contributed by atoms with Gasteiger partial charge in [-0.05, 0) is 42.5 Å². The average Bonchev–Trinajstić information content (AvgIpc) is 2.76. The van der Waals surface area contributed by atoms with Crippen LogP contribution in [0.15, 0.2) is 48.8 Å². The zero-order valence-electron chi connectivity index (χ0n) is 18.9. The van der Waals surface area contributed by atoms with Gasteiger partial charge in [0.2, 0.25) is 0 Å².